The molecule has 0 amide bonds. The zero-order valence-corrected chi connectivity index (χ0v) is 10.2. The van der Waals surface area contributed by atoms with E-state index in [2.05, 4.69) is 31.9 Å². The van der Waals surface area contributed by atoms with Gasteiger partial charge < -0.3 is 10.8 Å². The Labute approximate surface area is 94.4 Å². The third-order valence-corrected chi connectivity index (χ3v) is 3.65. The van der Waals surface area contributed by atoms with E-state index in [0.717, 1.165) is 14.5 Å². The highest BCUT2D eigenvalue weighted by Crippen LogP contribution is 2.27. The van der Waals surface area contributed by atoms with Crippen molar-refractivity contribution in [3.8, 4) is 0 Å². The molecule has 0 heterocycles. The Morgan fingerprint density at radius 3 is 2.54 bits per heavy atom. The van der Waals surface area contributed by atoms with Crippen LogP contribution in [-0.2, 0) is 0 Å². The molecule has 0 fully saturated rings. The maximum absolute atomic E-state index is 9.62. The SMILES string of the molecule is NCCC(O)c1ccc(Br)c(Br)c1. The summed E-state index contributed by atoms with van der Waals surface area (Å²) in [6.45, 7) is 0.495. The van der Waals surface area contributed by atoms with Crippen molar-refractivity contribution in [2.24, 2.45) is 5.73 Å². The molecule has 0 spiro atoms. The first-order valence-corrected chi connectivity index (χ1v) is 5.57. The van der Waals surface area contributed by atoms with E-state index in [1.54, 1.807) is 0 Å². The molecule has 4 heteroatoms. The highest BCUT2D eigenvalue weighted by atomic mass is 79.9. The molecule has 1 aromatic rings. The average molecular weight is 309 g/mol. The molecule has 3 N–H and O–H groups in total. The van der Waals surface area contributed by atoms with Crippen molar-refractivity contribution in [1.82, 2.24) is 0 Å². The van der Waals surface area contributed by atoms with Crippen molar-refractivity contribution < 1.29 is 5.11 Å². The highest BCUT2D eigenvalue weighted by Gasteiger charge is 2.07. The molecule has 1 atom stereocenters. The van der Waals surface area contributed by atoms with E-state index in [9.17, 15) is 5.11 Å². The van der Waals surface area contributed by atoms with Gasteiger partial charge in [0, 0.05) is 8.95 Å². The first-order valence-electron chi connectivity index (χ1n) is 3.98. The van der Waals surface area contributed by atoms with Crippen LogP contribution in [0.2, 0.25) is 0 Å². The third kappa shape index (κ3) is 3.06. The predicted molar refractivity (Wildman–Crippen MR) is 60.5 cm³/mol. The largest absolute Gasteiger partial charge is 0.388 e. The van der Waals surface area contributed by atoms with Crippen molar-refractivity contribution in [1.29, 1.82) is 0 Å². The number of aliphatic hydroxyl groups excluding tert-OH is 1. The van der Waals surface area contributed by atoms with Gasteiger partial charge in [0.1, 0.15) is 0 Å². The molecule has 0 aromatic heterocycles. The van der Waals surface area contributed by atoms with Gasteiger partial charge in [0.05, 0.1) is 6.10 Å². The topological polar surface area (TPSA) is 46.2 Å². The van der Waals surface area contributed by atoms with Crippen molar-refractivity contribution in [2.75, 3.05) is 6.54 Å². The van der Waals surface area contributed by atoms with Gasteiger partial charge in [-0.25, -0.2) is 0 Å². The number of hydrogen-bond donors (Lipinski definition) is 2. The van der Waals surface area contributed by atoms with Gasteiger partial charge in [-0.2, -0.15) is 0 Å². The molecule has 1 unspecified atom stereocenters. The molecule has 1 rings (SSSR count). The zero-order chi connectivity index (χ0) is 9.84. The Morgan fingerprint density at radius 1 is 1.31 bits per heavy atom. The second kappa shape index (κ2) is 5.10. The summed E-state index contributed by atoms with van der Waals surface area (Å²) in [5.74, 6) is 0. The molecule has 0 radical (unpaired) electrons. The second-order valence-electron chi connectivity index (χ2n) is 2.77. The van der Waals surface area contributed by atoms with Crippen LogP contribution in [0.5, 0.6) is 0 Å². The summed E-state index contributed by atoms with van der Waals surface area (Å²) in [6, 6.07) is 5.68. The highest BCUT2D eigenvalue weighted by molar-refractivity contribution is 9.13. The van der Waals surface area contributed by atoms with Crippen molar-refractivity contribution in [3.63, 3.8) is 0 Å². The van der Waals surface area contributed by atoms with Gasteiger partial charge in [0.25, 0.3) is 0 Å². The van der Waals surface area contributed by atoms with E-state index in [-0.39, 0.29) is 0 Å². The van der Waals surface area contributed by atoms with Gasteiger partial charge in [-0.15, -0.1) is 0 Å². The van der Waals surface area contributed by atoms with E-state index >= 15 is 0 Å². The first kappa shape index (κ1) is 11.2. The lowest BCUT2D eigenvalue weighted by atomic mass is 10.1. The van der Waals surface area contributed by atoms with E-state index in [0.29, 0.717) is 13.0 Å². The second-order valence-corrected chi connectivity index (χ2v) is 4.48. The summed E-state index contributed by atoms with van der Waals surface area (Å²) in [4.78, 5) is 0. The Morgan fingerprint density at radius 2 is 2.00 bits per heavy atom. The molecule has 13 heavy (non-hydrogen) atoms. The van der Waals surface area contributed by atoms with Crippen LogP contribution in [0.4, 0.5) is 0 Å². The monoisotopic (exact) mass is 307 g/mol. The van der Waals surface area contributed by atoms with Crippen molar-refractivity contribution in [3.05, 3.63) is 32.7 Å². The number of rotatable bonds is 3. The minimum absolute atomic E-state index is 0.464. The summed E-state index contributed by atoms with van der Waals surface area (Å²) >= 11 is 6.74. The van der Waals surface area contributed by atoms with Gasteiger partial charge in [0.2, 0.25) is 0 Å². The standard InChI is InChI=1S/C9H11Br2NO/c10-7-2-1-6(5-8(7)11)9(13)3-4-12/h1-2,5,9,13H,3-4,12H2. The fourth-order valence-electron chi connectivity index (χ4n) is 1.04. The van der Waals surface area contributed by atoms with E-state index in [4.69, 9.17) is 5.73 Å². The maximum Gasteiger partial charge on any atom is 0.0802 e. The predicted octanol–water partition coefficient (Wildman–Crippen LogP) is 2.59. The minimum Gasteiger partial charge on any atom is -0.388 e. The maximum atomic E-state index is 9.62. The number of halogens is 2. The van der Waals surface area contributed by atoms with E-state index < -0.39 is 6.10 Å². The van der Waals surface area contributed by atoms with Crippen LogP contribution in [0.3, 0.4) is 0 Å². The number of aliphatic hydroxyl groups is 1. The van der Waals surface area contributed by atoms with Crippen LogP contribution < -0.4 is 5.73 Å². The lowest BCUT2D eigenvalue weighted by Gasteiger charge is -2.10. The lowest BCUT2D eigenvalue weighted by Crippen LogP contribution is -2.06. The zero-order valence-electron chi connectivity index (χ0n) is 7.00. The van der Waals surface area contributed by atoms with Gasteiger partial charge in [0.15, 0.2) is 0 Å². The van der Waals surface area contributed by atoms with E-state index in [1.165, 1.54) is 0 Å². The molecule has 0 bridgehead atoms. The van der Waals surface area contributed by atoms with Gasteiger partial charge in [-0.1, -0.05) is 6.07 Å². The molecule has 0 aliphatic rings. The quantitative estimate of drug-likeness (QED) is 0.901. The molecule has 0 saturated heterocycles. The first-order chi connectivity index (χ1) is 6.15. The van der Waals surface area contributed by atoms with Crippen molar-refractivity contribution >= 4 is 31.9 Å². The Hall–Kier alpha value is 0.1000. The number of nitrogens with two attached hydrogens (primary N) is 1. The average Bonchev–Trinajstić information content (AvgIpc) is 2.10. The van der Waals surface area contributed by atoms with Crippen LogP contribution in [0.15, 0.2) is 27.1 Å². The lowest BCUT2D eigenvalue weighted by molar-refractivity contribution is 0.170. The molecule has 72 valence electrons. The van der Waals surface area contributed by atoms with Gasteiger partial charge in [-0.3, -0.25) is 0 Å². The Bertz CT molecular complexity index is 291. The van der Waals surface area contributed by atoms with Crippen LogP contribution >= 0.6 is 31.9 Å². The van der Waals surface area contributed by atoms with Gasteiger partial charge in [-0.05, 0) is 62.5 Å². The Kier molecular flexibility index (Phi) is 4.38. The van der Waals surface area contributed by atoms with Crippen LogP contribution in [0.25, 0.3) is 0 Å². The summed E-state index contributed by atoms with van der Waals surface area (Å²) in [6.07, 6.45) is 0.128. The fraction of sp³-hybridized carbons (Fsp3) is 0.333. The smallest absolute Gasteiger partial charge is 0.0802 e. The summed E-state index contributed by atoms with van der Waals surface area (Å²) in [7, 11) is 0. The molecule has 0 saturated carbocycles. The number of benzene rings is 1. The van der Waals surface area contributed by atoms with E-state index in [1.807, 2.05) is 18.2 Å². The van der Waals surface area contributed by atoms with Crippen molar-refractivity contribution in [2.45, 2.75) is 12.5 Å². The van der Waals surface area contributed by atoms with Gasteiger partial charge >= 0.3 is 0 Å². The molecule has 1 aromatic carbocycles. The molecule has 0 aliphatic carbocycles. The third-order valence-electron chi connectivity index (χ3n) is 1.77. The molecular formula is C9H11Br2NO. The molecule has 0 aliphatic heterocycles. The normalized spacial score (nSPS) is 12.9. The fourth-order valence-corrected chi connectivity index (χ4v) is 1.69. The summed E-state index contributed by atoms with van der Waals surface area (Å²) in [5.41, 5.74) is 6.24. The summed E-state index contributed by atoms with van der Waals surface area (Å²) in [5, 5.41) is 9.62. The summed E-state index contributed by atoms with van der Waals surface area (Å²) < 4.78 is 1.93. The number of hydrogen-bond acceptors (Lipinski definition) is 2. The minimum atomic E-state index is -0.464. The van der Waals surface area contributed by atoms with Crippen LogP contribution in [-0.4, -0.2) is 11.7 Å². The molecular weight excluding hydrogens is 298 g/mol. The molecule has 2 nitrogen and oxygen atoms in total. The van der Waals surface area contributed by atoms with Crippen LogP contribution in [0.1, 0.15) is 18.1 Å². The Balaban J connectivity index is 2.84. The van der Waals surface area contributed by atoms with Crippen LogP contribution in [0, 0.1) is 0 Å².